The highest BCUT2D eigenvalue weighted by Gasteiger charge is 2.27. The molecule has 3 rings (SSSR count). The average molecular weight is 349 g/mol. The minimum atomic E-state index is -0.578. The summed E-state index contributed by atoms with van der Waals surface area (Å²) < 4.78 is 5.02. The zero-order valence-corrected chi connectivity index (χ0v) is 14.6. The van der Waals surface area contributed by atoms with Crippen molar-refractivity contribution in [3.8, 4) is 0 Å². The number of carbonyl (C=O) groups excluding carboxylic acids is 3. The van der Waals surface area contributed by atoms with Gasteiger partial charge in [0.15, 0.2) is 12.4 Å². The van der Waals surface area contributed by atoms with E-state index in [0.717, 1.165) is 22.4 Å². The van der Waals surface area contributed by atoms with Crippen molar-refractivity contribution in [2.24, 2.45) is 0 Å². The summed E-state index contributed by atoms with van der Waals surface area (Å²) >= 11 is 0. The number of amides is 1. The molecule has 1 aliphatic rings. The fourth-order valence-electron chi connectivity index (χ4n) is 2.80. The van der Waals surface area contributed by atoms with Crippen molar-refractivity contribution in [3.63, 3.8) is 0 Å². The zero-order chi connectivity index (χ0) is 18.7. The second-order valence-corrected chi connectivity index (χ2v) is 6.29. The number of benzene rings is 2. The quantitative estimate of drug-likeness (QED) is 0.509. The molecule has 0 radical (unpaired) electrons. The first kappa shape index (κ1) is 17.6. The molecule has 0 saturated carbocycles. The second-order valence-electron chi connectivity index (χ2n) is 6.29. The fourth-order valence-corrected chi connectivity index (χ4v) is 2.80. The van der Waals surface area contributed by atoms with E-state index in [2.05, 4.69) is 5.32 Å². The molecule has 5 heteroatoms. The number of Topliss-reactive ketones (excluding diaryl/α,β-unsaturated/α-hetero) is 1. The third-order valence-electron chi connectivity index (χ3n) is 4.29. The minimum Gasteiger partial charge on any atom is -0.454 e. The van der Waals surface area contributed by atoms with E-state index in [4.69, 9.17) is 4.74 Å². The topological polar surface area (TPSA) is 72.5 Å². The van der Waals surface area contributed by atoms with Crippen molar-refractivity contribution in [3.05, 3.63) is 70.8 Å². The first-order valence-corrected chi connectivity index (χ1v) is 8.33. The van der Waals surface area contributed by atoms with Crippen molar-refractivity contribution in [2.45, 2.75) is 19.8 Å². The number of aryl methyl sites for hydroxylation is 1. The van der Waals surface area contributed by atoms with Gasteiger partial charge in [0.25, 0.3) is 0 Å². The van der Waals surface area contributed by atoms with Crippen LogP contribution in [0.2, 0.25) is 0 Å². The Hall–Kier alpha value is -3.21. The Kier molecular flexibility index (Phi) is 4.98. The molecule has 0 aromatic heterocycles. The largest absolute Gasteiger partial charge is 0.454 e. The normalized spacial score (nSPS) is 15.6. The van der Waals surface area contributed by atoms with Crippen molar-refractivity contribution in [1.29, 1.82) is 0 Å². The highest BCUT2D eigenvalue weighted by Crippen LogP contribution is 2.32. The molecule has 1 atom stereocenters. The lowest BCUT2D eigenvalue weighted by atomic mass is 9.99. The van der Waals surface area contributed by atoms with Gasteiger partial charge >= 0.3 is 5.97 Å². The Balaban J connectivity index is 1.59. The molecule has 1 aliphatic heterocycles. The van der Waals surface area contributed by atoms with E-state index >= 15 is 0 Å². The minimum absolute atomic E-state index is 0.0858. The van der Waals surface area contributed by atoms with Crippen LogP contribution in [0.5, 0.6) is 0 Å². The molecule has 0 unspecified atom stereocenters. The van der Waals surface area contributed by atoms with Crippen LogP contribution in [0.4, 0.5) is 5.69 Å². The molecule has 1 amide bonds. The maximum Gasteiger partial charge on any atom is 0.331 e. The molecule has 1 heterocycles. The van der Waals surface area contributed by atoms with Crippen molar-refractivity contribution >= 4 is 29.4 Å². The summed E-state index contributed by atoms with van der Waals surface area (Å²) in [5.74, 6) is -1.27. The molecule has 2 aromatic rings. The van der Waals surface area contributed by atoms with E-state index in [0.29, 0.717) is 5.56 Å². The SMILES string of the molecule is Cc1cccc(/C=C/C(=O)OCC(=O)c2ccc3c(c2)[C@H](C)C(=O)N3)c1. The number of hydrogen-bond acceptors (Lipinski definition) is 4. The molecule has 1 N–H and O–H groups in total. The van der Waals surface area contributed by atoms with Gasteiger partial charge < -0.3 is 10.1 Å². The Morgan fingerprint density at radius 2 is 2.00 bits per heavy atom. The van der Waals surface area contributed by atoms with Gasteiger partial charge in [0.05, 0.1) is 5.92 Å². The number of esters is 1. The van der Waals surface area contributed by atoms with Gasteiger partial charge in [-0.15, -0.1) is 0 Å². The lowest BCUT2D eigenvalue weighted by molar-refractivity contribution is -0.136. The summed E-state index contributed by atoms with van der Waals surface area (Å²) in [6.45, 7) is 3.41. The summed E-state index contributed by atoms with van der Waals surface area (Å²) in [4.78, 5) is 35.7. The summed E-state index contributed by atoms with van der Waals surface area (Å²) in [6, 6.07) is 12.7. The van der Waals surface area contributed by atoms with Crippen LogP contribution in [-0.2, 0) is 14.3 Å². The van der Waals surface area contributed by atoms with Crippen molar-refractivity contribution < 1.29 is 19.1 Å². The number of anilines is 1. The van der Waals surface area contributed by atoms with Gasteiger partial charge in [-0.05, 0) is 49.2 Å². The molecule has 26 heavy (non-hydrogen) atoms. The Morgan fingerprint density at radius 1 is 1.19 bits per heavy atom. The van der Waals surface area contributed by atoms with E-state index in [9.17, 15) is 14.4 Å². The lowest BCUT2D eigenvalue weighted by Crippen LogP contribution is -2.13. The number of ketones is 1. The van der Waals surface area contributed by atoms with Crippen LogP contribution in [0.1, 0.15) is 39.9 Å². The molecule has 0 saturated heterocycles. The van der Waals surface area contributed by atoms with Crippen LogP contribution in [0.3, 0.4) is 0 Å². The molecule has 0 spiro atoms. The maximum atomic E-state index is 12.2. The van der Waals surface area contributed by atoms with Gasteiger partial charge in [-0.25, -0.2) is 4.79 Å². The van der Waals surface area contributed by atoms with Crippen LogP contribution in [-0.4, -0.2) is 24.3 Å². The zero-order valence-electron chi connectivity index (χ0n) is 14.6. The smallest absolute Gasteiger partial charge is 0.331 e. The van der Waals surface area contributed by atoms with E-state index in [1.165, 1.54) is 6.08 Å². The number of nitrogens with one attached hydrogen (secondary N) is 1. The van der Waals surface area contributed by atoms with Crippen molar-refractivity contribution in [2.75, 3.05) is 11.9 Å². The standard InChI is InChI=1S/C21H19NO4/c1-13-4-3-5-15(10-13)6-9-20(24)26-12-19(23)16-7-8-18-17(11-16)14(2)21(25)22-18/h3-11,14H,12H2,1-2H3,(H,22,25)/b9-6+/t14-/m0/s1. The molecule has 2 aromatic carbocycles. The third kappa shape index (κ3) is 3.88. The highest BCUT2D eigenvalue weighted by atomic mass is 16.5. The summed E-state index contributed by atoms with van der Waals surface area (Å²) in [6.07, 6.45) is 2.95. The Bertz CT molecular complexity index is 914. The molecule has 0 fully saturated rings. The Morgan fingerprint density at radius 3 is 2.77 bits per heavy atom. The van der Waals surface area contributed by atoms with Crippen LogP contribution in [0, 0.1) is 6.92 Å². The molecular weight excluding hydrogens is 330 g/mol. The summed E-state index contributed by atoms with van der Waals surface area (Å²) in [7, 11) is 0. The van der Waals surface area contributed by atoms with Gasteiger partial charge in [-0.1, -0.05) is 29.8 Å². The van der Waals surface area contributed by atoms with Gasteiger partial charge in [-0.3, -0.25) is 9.59 Å². The second kappa shape index (κ2) is 7.35. The van der Waals surface area contributed by atoms with E-state index in [1.54, 1.807) is 31.2 Å². The first-order valence-electron chi connectivity index (χ1n) is 8.33. The van der Waals surface area contributed by atoms with Crippen LogP contribution < -0.4 is 5.32 Å². The monoisotopic (exact) mass is 349 g/mol. The fraction of sp³-hybridized carbons (Fsp3) is 0.190. The predicted molar refractivity (Wildman–Crippen MR) is 99.0 cm³/mol. The van der Waals surface area contributed by atoms with Gasteiger partial charge in [-0.2, -0.15) is 0 Å². The van der Waals surface area contributed by atoms with Crippen molar-refractivity contribution in [1.82, 2.24) is 0 Å². The van der Waals surface area contributed by atoms with Gasteiger partial charge in [0.1, 0.15) is 0 Å². The summed E-state index contributed by atoms with van der Waals surface area (Å²) in [5.41, 5.74) is 3.90. The average Bonchev–Trinajstić information content (AvgIpc) is 2.91. The number of hydrogen-bond donors (Lipinski definition) is 1. The predicted octanol–water partition coefficient (Wildman–Crippen LogP) is 3.49. The molecule has 0 aliphatic carbocycles. The number of ether oxygens (including phenoxy) is 1. The van der Waals surface area contributed by atoms with E-state index in [-0.39, 0.29) is 24.2 Å². The van der Waals surface area contributed by atoms with E-state index in [1.807, 2.05) is 31.2 Å². The maximum absolute atomic E-state index is 12.2. The third-order valence-corrected chi connectivity index (χ3v) is 4.29. The molecule has 5 nitrogen and oxygen atoms in total. The highest BCUT2D eigenvalue weighted by molar-refractivity contribution is 6.05. The number of rotatable bonds is 5. The lowest BCUT2D eigenvalue weighted by Gasteiger charge is -2.06. The number of carbonyl (C=O) groups is 3. The molecule has 132 valence electrons. The van der Waals surface area contributed by atoms with Crippen LogP contribution >= 0.6 is 0 Å². The van der Waals surface area contributed by atoms with Gasteiger partial charge in [0.2, 0.25) is 5.91 Å². The van der Waals surface area contributed by atoms with Crippen LogP contribution in [0.25, 0.3) is 6.08 Å². The van der Waals surface area contributed by atoms with Gasteiger partial charge in [0, 0.05) is 17.3 Å². The first-order chi connectivity index (χ1) is 12.4. The summed E-state index contributed by atoms with van der Waals surface area (Å²) in [5, 5.41) is 2.75. The number of fused-ring (bicyclic) bond motifs is 1. The van der Waals surface area contributed by atoms with E-state index < -0.39 is 5.97 Å². The molecular formula is C21H19NO4. The van der Waals surface area contributed by atoms with Crippen LogP contribution in [0.15, 0.2) is 48.5 Å². The Labute approximate surface area is 151 Å². The molecule has 0 bridgehead atoms.